The van der Waals surface area contributed by atoms with Crippen molar-refractivity contribution in [1.82, 2.24) is 4.90 Å². The summed E-state index contributed by atoms with van der Waals surface area (Å²) in [5.74, 6) is -4.89. The average molecular weight is 302 g/mol. The maximum atomic E-state index is 13.4. The maximum Gasteiger partial charge on any atom is 0.238 e. The molecule has 0 aromatic heterocycles. The molecule has 2 rings (SSSR count). The van der Waals surface area contributed by atoms with E-state index in [9.17, 15) is 23.1 Å². The normalized spacial score (nSPS) is 17.4. The van der Waals surface area contributed by atoms with Crippen LogP contribution in [0.25, 0.3) is 0 Å². The first-order chi connectivity index (χ1) is 9.84. The van der Waals surface area contributed by atoms with Gasteiger partial charge in [-0.1, -0.05) is 13.3 Å². The summed E-state index contributed by atoms with van der Waals surface area (Å²) in [6.07, 6.45) is 1.50. The number of nitrogens with zero attached hydrogens (tertiary/aromatic N) is 1. The molecule has 2 N–H and O–H groups in total. The zero-order valence-corrected chi connectivity index (χ0v) is 11.6. The molecule has 7 heteroatoms. The van der Waals surface area contributed by atoms with E-state index in [1.807, 2.05) is 6.92 Å². The molecular formula is C14H17F3N2O2. The topological polar surface area (TPSA) is 52.6 Å². The van der Waals surface area contributed by atoms with Crippen LogP contribution >= 0.6 is 0 Å². The van der Waals surface area contributed by atoms with Gasteiger partial charge in [0.15, 0.2) is 17.5 Å². The van der Waals surface area contributed by atoms with Crippen LogP contribution in [0.1, 0.15) is 19.8 Å². The van der Waals surface area contributed by atoms with Crippen LogP contribution in [0.15, 0.2) is 12.1 Å². The number of β-amino-alcohol motifs (C(OH)–C–C–N with tert-alkyl or cyclic N) is 1. The smallest absolute Gasteiger partial charge is 0.238 e. The summed E-state index contributed by atoms with van der Waals surface area (Å²) >= 11 is 0. The second-order valence-electron chi connectivity index (χ2n) is 5.39. The van der Waals surface area contributed by atoms with Gasteiger partial charge in [0.25, 0.3) is 0 Å². The number of aliphatic hydroxyl groups is 1. The van der Waals surface area contributed by atoms with Gasteiger partial charge in [-0.2, -0.15) is 0 Å². The highest BCUT2D eigenvalue weighted by atomic mass is 19.2. The van der Waals surface area contributed by atoms with E-state index < -0.39 is 34.6 Å². The molecular weight excluding hydrogens is 285 g/mol. The minimum atomic E-state index is -1.62. The molecule has 1 saturated heterocycles. The predicted octanol–water partition coefficient (Wildman–Crippen LogP) is 1.89. The van der Waals surface area contributed by atoms with Crippen LogP contribution < -0.4 is 5.32 Å². The highest BCUT2D eigenvalue weighted by molar-refractivity contribution is 5.92. The molecule has 1 aromatic carbocycles. The Morgan fingerprint density at radius 2 is 2.00 bits per heavy atom. The Hall–Kier alpha value is -1.60. The van der Waals surface area contributed by atoms with Crippen LogP contribution in [-0.2, 0) is 4.79 Å². The van der Waals surface area contributed by atoms with Crippen molar-refractivity contribution in [2.24, 2.45) is 0 Å². The summed E-state index contributed by atoms with van der Waals surface area (Å²) in [4.78, 5) is 13.4. The van der Waals surface area contributed by atoms with Crippen molar-refractivity contribution in [2.75, 3.05) is 25.0 Å². The minimum Gasteiger partial charge on any atom is -0.387 e. The number of amides is 1. The molecule has 4 nitrogen and oxygen atoms in total. The molecule has 0 atom stereocenters. The van der Waals surface area contributed by atoms with E-state index in [1.165, 1.54) is 0 Å². The molecule has 1 aromatic rings. The van der Waals surface area contributed by atoms with Gasteiger partial charge in [0.1, 0.15) is 0 Å². The molecule has 1 aliphatic heterocycles. The van der Waals surface area contributed by atoms with Crippen molar-refractivity contribution in [3.63, 3.8) is 0 Å². The fraction of sp³-hybridized carbons (Fsp3) is 0.500. The molecule has 1 aliphatic rings. The van der Waals surface area contributed by atoms with Crippen LogP contribution in [0.5, 0.6) is 0 Å². The molecule has 116 valence electrons. The lowest BCUT2D eigenvalue weighted by Crippen LogP contribution is -2.62. The van der Waals surface area contributed by atoms with Gasteiger partial charge in [0, 0.05) is 13.1 Å². The summed E-state index contributed by atoms with van der Waals surface area (Å²) < 4.78 is 39.2. The molecule has 1 fully saturated rings. The first-order valence-electron chi connectivity index (χ1n) is 6.73. The summed E-state index contributed by atoms with van der Waals surface area (Å²) in [5.41, 5.74) is -1.16. The van der Waals surface area contributed by atoms with E-state index in [0.717, 1.165) is 18.6 Å². The highest BCUT2D eigenvalue weighted by Crippen LogP contribution is 2.25. The molecule has 21 heavy (non-hydrogen) atoms. The molecule has 0 aliphatic carbocycles. The number of carbonyl (C=O) groups is 1. The molecule has 1 heterocycles. The van der Waals surface area contributed by atoms with Crippen LogP contribution in [0.4, 0.5) is 18.9 Å². The summed E-state index contributed by atoms with van der Waals surface area (Å²) in [6.45, 7) is 2.66. The first-order valence-corrected chi connectivity index (χ1v) is 6.73. The number of halogens is 3. The number of nitrogens with one attached hydrogen (secondary N) is 1. The number of likely N-dealkylation sites (tertiary alicyclic amines) is 1. The number of benzene rings is 1. The number of hydrogen-bond acceptors (Lipinski definition) is 3. The van der Waals surface area contributed by atoms with Gasteiger partial charge >= 0.3 is 0 Å². The monoisotopic (exact) mass is 302 g/mol. The van der Waals surface area contributed by atoms with Gasteiger partial charge < -0.3 is 10.4 Å². The SMILES string of the molecule is CCCC1(O)CN(CC(=O)Nc2ccc(F)c(F)c2F)C1. The summed E-state index contributed by atoms with van der Waals surface area (Å²) in [7, 11) is 0. The second-order valence-corrected chi connectivity index (χ2v) is 5.39. The van der Waals surface area contributed by atoms with Crippen molar-refractivity contribution < 1.29 is 23.1 Å². The standard InChI is InChI=1S/C14H17F3N2O2/c1-2-5-14(21)7-19(8-14)6-11(20)18-10-4-3-9(15)12(16)13(10)17/h3-4,21H,2,5-8H2,1H3,(H,18,20). The summed E-state index contributed by atoms with van der Waals surface area (Å²) in [5, 5.41) is 12.2. The lowest BCUT2D eigenvalue weighted by atomic mass is 9.89. The Bertz CT molecular complexity index is 545. The number of carbonyl (C=O) groups excluding carboxylic acids is 1. The van der Waals surface area contributed by atoms with Crippen molar-refractivity contribution in [2.45, 2.75) is 25.4 Å². The Morgan fingerprint density at radius 3 is 2.62 bits per heavy atom. The van der Waals surface area contributed by atoms with Gasteiger partial charge in [0.05, 0.1) is 17.8 Å². The van der Waals surface area contributed by atoms with E-state index in [-0.39, 0.29) is 6.54 Å². The van der Waals surface area contributed by atoms with E-state index in [0.29, 0.717) is 19.5 Å². The van der Waals surface area contributed by atoms with E-state index in [2.05, 4.69) is 5.32 Å². The lowest BCUT2D eigenvalue weighted by molar-refractivity contribution is -0.129. The fourth-order valence-corrected chi connectivity index (χ4v) is 2.54. The van der Waals surface area contributed by atoms with Crippen molar-refractivity contribution in [3.05, 3.63) is 29.6 Å². The Kier molecular flexibility index (Phi) is 4.53. The Labute approximate surface area is 120 Å². The zero-order chi connectivity index (χ0) is 15.6. The molecule has 0 saturated carbocycles. The number of hydrogen-bond donors (Lipinski definition) is 2. The van der Waals surface area contributed by atoms with Crippen LogP contribution in [0.3, 0.4) is 0 Å². The van der Waals surface area contributed by atoms with E-state index in [1.54, 1.807) is 4.90 Å². The number of rotatable bonds is 5. The van der Waals surface area contributed by atoms with Crippen molar-refractivity contribution in [3.8, 4) is 0 Å². The van der Waals surface area contributed by atoms with Gasteiger partial charge in [-0.25, -0.2) is 13.2 Å². The average Bonchev–Trinajstić information content (AvgIpc) is 2.38. The summed E-state index contributed by atoms with van der Waals surface area (Å²) in [6, 6.07) is 1.72. The fourth-order valence-electron chi connectivity index (χ4n) is 2.54. The molecule has 0 unspecified atom stereocenters. The van der Waals surface area contributed by atoms with E-state index in [4.69, 9.17) is 0 Å². The zero-order valence-electron chi connectivity index (χ0n) is 11.6. The quantitative estimate of drug-likeness (QED) is 0.817. The Balaban J connectivity index is 1.88. The minimum absolute atomic E-state index is 0.0372. The molecule has 0 spiro atoms. The molecule has 1 amide bonds. The van der Waals surface area contributed by atoms with Crippen LogP contribution in [0, 0.1) is 17.5 Å². The first kappa shape index (κ1) is 15.8. The molecule has 0 radical (unpaired) electrons. The second kappa shape index (κ2) is 6.03. The lowest BCUT2D eigenvalue weighted by Gasteiger charge is -2.46. The van der Waals surface area contributed by atoms with Crippen molar-refractivity contribution in [1.29, 1.82) is 0 Å². The maximum absolute atomic E-state index is 13.4. The van der Waals surface area contributed by atoms with Gasteiger partial charge in [0.2, 0.25) is 5.91 Å². The largest absolute Gasteiger partial charge is 0.387 e. The van der Waals surface area contributed by atoms with Crippen LogP contribution in [0.2, 0.25) is 0 Å². The van der Waals surface area contributed by atoms with E-state index >= 15 is 0 Å². The number of anilines is 1. The third kappa shape index (κ3) is 3.54. The highest BCUT2D eigenvalue weighted by Gasteiger charge is 2.40. The predicted molar refractivity (Wildman–Crippen MR) is 71.2 cm³/mol. The van der Waals surface area contributed by atoms with Crippen LogP contribution in [-0.4, -0.2) is 41.1 Å². The molecule has 0 bridgehead atoms. The van der Waals surface area contributed by atoms with Crippen molar-refractivity contribution >= 4 is 11.6 Å². The third-order valence-corrected chi connectivity index (χ3v) is 3.43. The third-order valence-electron chi connectivity index (χ3n) is 3.43. The van der Waals surface area contributed by atoms with Gasteiger partial charge in [-0.3, -0.25) is 9.69 Å². The van der Waals surface area contributed by atoms with Gasteiger partial charge in [-0.05, 0) is 18.6 Å². The van der Waals surface area contributed by atoms with Gasteiger partial charge in [-0.15, -0.1) is 0 Å². The Morgan fingerprint density at radius 1 is 1.33 bits per heavy atom.